The molecule has 0 spiro atoms. The van der Waals surface area contributed by atoms with Crippen molar-refractivity contribution < 1.29 is 14.3 Å². The van der Waals surface area contributed by atoms with Crippen LogP contribution in [0.15, 0.2) is 12.1 Å². The van der Waals surface area contributed by atoms with E-state index in [9.17, 15) is 4.79 Å². The summed E-state index contributed by atoms with van der Waals surface area (Å²) in [6.45, 7) is 11.1. The summed E-state index contributed by atoms with van der Waals surface area (Å²) < 4.78 is 10.4. The summed E-state index contributed by atoms with van der Waals surface area (Å²) in [6, 6.07) is 3.53. The maximum Gasteiger partial charge on any atom is 0.251 e. The summed E-state index contributed by atoms with van der Waals surface area (Å²) in [5.74, 6) is 1.15. The van der Waals surface area contributed by atoms with Crippen LogP contribution in [0.4, 0.5) is 0 Å². The minimum atomic E-state index is -0.171. The van der Waals surface area contributed by atoms with E-state index in [0.717, 1.165) is 13.1 Å². The van der Waals surface area contributed by atoms with Crippen LogP contribution in [0.3, 0.4) is 0 Å². The molecule has 1 aromatic carbocycles. The number of methoxy groups -OCH3 is 2. The lowest BCUT2D eigenvalue weighted by Crippen LogP contribution is -2.46. The molecule has 1 N–H and O–H groups in total. The molecule has 0 saturated heterocycles. The normalized spacial score (nSPS) is 12.4. The molecule has 1 rings (SSSR count). The molecular weight excluding hydrogens is 328 g/mol. The number of benzene rings is 1. The Morgan fingerprint density at radius 1 is 1.21 bits per heavy atom. The molecule has 0 heterocycles. The molecule has 0 aliphatic carbocycles. The van der Waals surface area contributed by atoms with Gasteiger partial charge in [0.1, 0.15) is 0 Å². The van der Waals surface area contributed by atoms with Crippen LogP contribution in [0.2, 0.25) is 5.02 Å². The topological polar surface area (TPSA) is 50.8 Å². The smallest absolute Gasteiger partial charge is 0.251 e. The second-order valence-corrected chi connectivity index (χ2v) is 6.34. The lowest BCUT2D eigenvalue weighted by molar-refractivity contribution is 0.0921. The molecule has 0 aromatic heterocycles. The van der Waals surface area contributed by atoms with E-state index in [2.05, 4.69) is 37.9 Å². The van der Waals surface area contributed by atoms with E-state index < -0.39 is 0 Å². The van der Waals surface area contributed by atoms with Crippen molar-refractivity contribution in [1.29, 1.82) is 0 Å². The number of nitrogens with one attached hydrogen (secondary N) is 1. The van der Waals surface area contributed by atoms with Gasteiger partial charge >= 0.3 is 0 Å². The summed E-state index contributed by atoms with van der Waals surface area (Å²) in [5, 5.41) is 3.36. The summed E-state index contributed by atoms with van der Waals surface area (Å²) in [6.07, 6.45) is 0. The van der Waals surface area contributed by atoms with Gasteiger partial charge in [0, 0.05) is 18.2 Å². The third kappa shape index (κ3) is 5.02. The number of rotatable bonds is 9. The van der Waals surface area contributed by atoms with Crippen molar-refractivity contribution >= 4 is 17.5 Å². The van der Waals surface area contributed by atoms with Gasteiger partial charge in [-0.3, -0.25) is 9.69 Å². The molecule has 0 saturated carbocycles. The third-order valence-electron chi connectivity index (χ3n) is 4.22. The second kappa shape index (κ2) is 9.74. The molecule has 0 bridgehead atoms. The van der Waals surface area contributed by atoms with Gasteiger partial charge in [-0.1, -0.05) is 39.3 Å². The fraction of sp³-hybridized carbons (Fsp3) is 0.611. The van der Waals surface area contributed by atoms with Gasteiger partial charge in [0.25, 0.3) is 5.91 Å². The molecule has 136 valence electrons. The zero-order chi connectivity index (χ0) is 18.3. The van der Waals surface area contributed by atoms with E-state index in [1.165, 1.54) is 14.2 Å². The minimum Gasteiger partial charge on any atom is -0.493 e. The average Bonchev–Trinajstić information content (AvgIpc) is 2.56. The van der Waals surface area contributed by atoms with Crippen molar-refractivity contribution in [2.75, 3.05) is 33.9 Å². The maximum absolute atomic E-state index is 12.5. The number of carbonyl (C=O) groups excluding carboxylic acids is 1. The van der Waals surface area contributed by atoms with Crippen LogP contribution in [0.5, 0.6) is 11.5 Å². The molecule has 5 nitrogen and oxygen atoms in total. The van der Waals surface area contributed by atoms with Gasteiger partial charge < -0.3 is 14.8 Å². The van der Waals surface area contributed by atoms with Crippen LogP contribution in [-0.4, -0.2) is 50.7 Å². The highest BCUT2D eigenvalue weighted by Crippen LogP contribution is 2.35. The zero-order valence-electron chi connectivity index (χ0n) is 15.5. The Balaban J connectivity index is 2.89. The number of halogens is 1. The molecule has 1 aromatic rings. The van der Waals surface area contributed by atoms with Crippen LogP contribution >= 0.6 is 11.6 Å². The number of hydrogen-bond donors (Lipinski definition) is 1. The van der Waals surface area contributed by atoms with Crippen molar-refractivity contribution in [3.05, 3.63) is 22.7 Å². The Morgan fingerprint density at radius 3 is 2.29 bits per heavy atom. The Hall–Kier alpha value is -1.46. The van der Waals surface area contributed by atoms with E-state index in [0.29, 0.717) is 40.6 Å². The number of amides is 1. The number of hydrogen-bond acceptors (Lipinski definition) is 4. The summed E-state index contributed by atoms with van der Waals surface area (Å²) >= 11 is 6.17. The van der Waals surface area contributed by atoms with Crippen molar-refractivity contribution in [2.24, 2.45) is 5.92 Å². The summed E-state index contributed by atoms with van der Waals surface area (Å²) in [5.41, 5.74) is 0.458. The lowest BCUT2D eigenvalue weighted by atomic mass is 10.0. The molecular formula is C18H29ClN2O3. The second-order valence-electron chi connectivity index (χ2n) is 5.94. The molecule has 1 amide bonds. The molecule has 0 fully saturated rings. The van der Waals surface area contributed by atoms with E-state index in [1.54, 1.807) is 12.1 Å². The first-order valence-corrected chi connectivity index (χ1v) is 8.71. The average molecular weight is 357 g/mol. The largest absolute Gasteiger partial charge is 0.493 e. The molecule has 6 heteroatoms. The molecule has 0 radical (unpaired) electrons. The summed E-state index contributed by atoms with van der Waals surface area (Å²) in [7, 11) is 3.03. The van der Waals surface area contributed by atoms with E-state index in [-0.39, 0.29) is 5.91 Å². The highest BCUT2D eigenvalue weighted by molar-refractivity contribution is 6.32. The Labute approximate surface area is 150 Å². The predicted octanol–water partition coefficient (Wildman–Crippen LogP) is 3.45. The van der Waals surface area contributed by atoms with Crippen LogP contribution in [0.1, 0.15) is 38.1 Å². The zero-order valence-corrected chi connectivity index (χ0v) is 16.2. The van der Waals surface area contributed by atoms with Gasteiger partial charge in [0.15, 0.2) is 11.5 Å². The van der Waals surface area contributed by atoms with Crippen molar-refractivity contribution in [3.8, 4) is 11.5 Å². The molecule has 0 aliphatic rings. The fourth-order valence-electron chi connectivity index (χ4n) is 2.83. The lowest BCUT2D eigenvalue weighted by Gasteiger charge is -2.32. The quantitative estimate of drug-likeness (QED) is 0.736. The van der Waals surface area contributed by atoms with Crippen LogP contribution < -0.4 is 14.8 Å². The van der Waals surface area contributed by atoms with E-state index >= 15 is 0 Å². The fourth-order valence-corrected chi connectivity index (χ4v) is 3.12. The number of likely N-dealkylation sites (N-methyl/N-ethyl adjacent to an activating group) is 1. The Bertz CT molecular complexity index is 545. The van der Waals surface area contributed by atoms with Gasteiger partial charge in [-0.25, -0.2) is 0 Å². The highest BCUT2D eigenvalue weighted by atomic mass is 35.5. The minimum absolute atomic E-state index is 0.171. The number of carbonyl (C=O) groups is 1. The Kier molecular flexibility index (Phi) is 8.36. The van der Waals surface area contributed by atoms with Crippen molar-refractivity contribution in [2.45, 2.75) is 33.7 Å². The first kappa shape index (κ1) is 20.6. The first-order valence-electron chi connectivity index (χ1n) is 8.33. The van der Waals surface area contributed by atoms with Gasteiger partial charge in [-0.2, -0.15) is 0 Å². The van der Waals surface area contributed by atoms with E-state index in [1.807, 2.05) is 0 Å². The molecule has 24 heavy (non-hydrogen) atoms. The monoisotopic (exact) mass is 356 g/mol. The summed E-state index contributed by atoms with van der Waals surface area (Å²) in [4.78, 5) is 14.9. The first-order chi connectivity index (χ1) is 11.4. The molecule has 0 aliphatic heterocycles. The van der Waals surface area contributed by atoms with Gasteiger partial charge in [0.2, 0.25) is 0 Å². The van der Waals surface area contributed by atoms with Gasteiger partial charge in [-0.15, -0.1) is 0 Å². The highest BCUT2D eigenvalue weighted by Gasteiger charge is 2.21. The van der Waals surface area contributed by atoms with Crippen LogP contribution in [-0.2, 0) is 0 Å². The van der Waals surface area contributed by atoms with Crippen molar-refractivity contribution in [3.63, 3.8) is 0 Å². The predicted molar refractivity (Wildman–Crippen MR) is 98.4 cm³/mol. The van der Waals surface area contributed by atoms with Gasteiger partial charge in [-0.05, 0) is 31.1 Å². The SMILES string of the molecule is CCN(CC)[C@@H](CNC(=O)c1cc(Cl)c(OC)c(OC)c1)C(C)C. The number of ether oxygens (including phenoxy) is 2. The van der Waals surface area contributed by atoms with Gasteiger partial charge in [0.05, 0.1) is 19.2 Å². The third-order valence-corrected chi connectivity index (χ3v) is 4.50. The Morgan fingerprint density at radius 2 is 1.83 bits per heavy atom. The number of nitrogens with zero attached hydrogens (tertiary/aromatic N) is 1. The maximum atomic E-state index is 12.5. The van der Waals surface area contributed by atoms with E-state index in [4.69, 9.17) is 21.1 Å². The molecule has 0 unspecified atom stereocenters. The van der Waals surface area contributed by atoms with Crippen LogP contribution in [0, 0.1) is 5.92 Å². The van der Waals surface area contributed by atoms with Crippen molar-refractivity contribution in [1.82, 2.24) is 10.2 Å². The van der Waals surface area contributed by atoms with Crippen LogP contribution in [0.25, 0.3) is 0 Å². The standard InChI is InChI=1S/C18H29ClN2O3/c1-7-21(8-2)15(12(3)4)11-20-18(22)13-9-14(19)17(24-6)16(10-13)23-5/h9-10,12,15H,7-8,11H2,1-6H3,(H,20,22)/t15-/m0/s1. The molecule has 1 atom stereocenters.